The van der Waals surface area contributed by atoms with E-state index < -0.39 is 5.60 Å². The standard InChI is InChI=1S/C24H23O2S/c1-4-24(2,3)26-23(25)17-14-15-22-20(16-17)19-12-8-9-13-21(19)27(22)18-10-6-5-7-11-18/h5-16H,4H2,1-3H3/q+1. The molecule has 0 saturated heterocycles. The van der Waals surface area contributed by atoms with Crippen LogP contribution in [-0.2, 0) is 4.74 Å². The Kier molecular flexibility index (Phi) is 4.48. The van der Waals surface area contributed by atoms with E-state index >= 15 is 0 Å². The van der Waals surface area contributed by atoms with Gasteiger partial charge in [0.1, 0.15) is 5.60 Å². The summed E-state index contributed by atoms with van der Waals surface area (Å²) in [6.45, 7) is 5.92. The van der Waals surface area contributed by atoms with Crippen LogP contribution < -0.4 is 0 Å². The van der Waals surface area contributed by atoms with Gasteiger partial charge in [-0.3, -0.25) is 0 Å². The summed E-state index contributed by atoms with van der Waals surface area (Å²) in [6, 6.07) is 25.1. The van der Waals surface area contributed by atoms with Crippen molar-refractivity contribution in [1.29, 1.82) is 0 Å². The topological polar surface area (TPSA) is 26.3 Å². The fraction of sp³-hybridized carbons (Fsp3) is 0.208. The van der Waals surface area contributed by atoms with Gasteiger partial charge in [0.15, 0.2) is 14.3 Å². The summed E-state index contributed by atoms with van der Waals surface area (Å²) in [6.07, 6.45) is 0.782. The molecule has 0 fully saturated rings. The third kappa shape index (κ3) is 3.24. The first kappa shape index (κ1) is 17.7. The maximum atomic E-state index is 12.7. The average molecular weight is 376 g/mol. The minimum absolute atomic E-state index is 0.135. The van der Waals surface area contributed by atoms with Crippen LogP contribution in [-0.4, -0.2) is 11.6 Å². The highest BCUT2D eigenvalue weighted by atomic mass is 32.2. The predicted molar refractivity (Wildman–Crippen MR) is 115 cm³/mol. The molecule has 0 saturated carbocycles. The van der Waals surface area contributed by atoms with Crippen molar-refractivity contribution in [1.82, 2.24) is 0 Å². The Balaban J connectivity index is 1.90. The Hall–Kier alpha value is -2.65. The van der Waals surface area contributed by atoms with Crippen molar-refractivity contribution < 1.29 is 9.53 Å². The third-order valence-corrected chi connectivity index (χ3v) is 7.37. The van der Waals surface area contributed by atoms with Crippen molar-refractivity contribution in [2.45, 2.75) is 32.8 Å². The summed E-state index contributed by atoms with van der Waals surface area (Å²) in [7, 11) is -0.135. The fourth-order valence-electron chi connectivity index (χ4n) is 3.22. The SMILES string of the molecule is CCC(C)(C)OC(=O)c1ccc2c(c1)c1ccccc1[s+]2-c1ccccc1. The van der Waals surface area contributed by atoms with E-state index in [-0.39, 0.29) is 16.4 Å². The molecule has 1 aromatic heterocycles. The van der Waals surface area contributed by atoms with Gasteiger partial charge in [-0.1, -0.05) is 37.3 Å². The highest BCUT2D eigenvalue weighted by Crippen LogP contribution is 2.48. The van der Waals surface area contributed by atoms with Crippen molar-refractivity contribution in [2.75, 3.05) is 0 Å². The first-order valence-corrected chi connectivity index (χ1v) is 10.5. The zero-order chi connectivity index (χ0) is 19.0. The van der Waals surface area contributed by atoms with Crippen LogP contribution in [0.1, 0.15) is 37.6 Å². The van der Waals surface area contributed by atoms with Gasteiger partial charge >= 0.3 is 5.97 Å². The second-order valence-electron chi connectivity index (χ2n) is 7.33. The molecule has 4 rings (SSSR count). The highest BCUT2D eigenvalue weighted by Gasteiger charge is 2.26. The molecule has 0 N–H and O–H groups in total. The number of thiophene rings is 1. The van der Waals surface area contributed by atoms with Crippen LogP contribution in [0.15, 0.2) is 72.8 Å². The van der Waals surface area contributed by atoms with Gasteiger partial charge in [0.25, 0.3) is 0 Å². The molecule has 1 heterocycles. The van der Waals surface area contributed by atoms with E-state index in [9.17, 15) is 4.79 Å². The number of rotatable bonds is 4. The van der Waals surface area contributed by atoms with E-state index in [2.05, 4.69) is 54.6 Å². The Morgan fingerprint density at radius 2 is 1.56 bits per heavy atom. The molecule has 3 heteroatoms. The number of fused-ring (bicyclic) bond motifs is 3. The van der Waals surface area contributed by atoms with Gasteiger partial charge < -0.3 is 4.74 Å². The second-order valence-corrected chi connectivity index (χ2v) is 9.29. The molecule has 0 amide bonds. The van der Waals surface area contributed by atoms with Crippen molar-refractivity contribution in [2.24, 2.45) is 0 Å². The largest absolute Gasteiger partial charge is 0.456 e. The van der Waals surface area contributed by atoms with E-state index in [0.29, 0.717) is 5.56 Å². The van der Waals surface area contributed by atoms with E-state index in [1.54, 1.807) is 0 Å². The summed E-state index contributed by atoms with van der Waals surface area (Å²) in [5, 5.41) is 2.35. The molecule has 0 aliphatic heterocycles. The smallest absolute Gasteiger partial charge is 0.338 e. The first-order chi connectivity index (χ1) is 13.0. The van der Waals surface area contributed by atoms with E-state index in [1.807, 2.05) is 39.0 Å². The Bertz CT molecular complexity index is 1120. The summed E-state index contributed by atoms with van der Waals surface area (Å²) < 4.78 is 8.29. The lowest BCUT2D eigenvalue weighted by Gasteiger charge is -2.23. The van der Waals surface area contributed by atoms with Crippen LogP contribution in [0, 0.1) is 0 Å². The molecular weight excluding hydrogens is 352 g/mol. The number of carbonyl (C=O) groups excluding carboxylic acids is 1. The third-order valence-electron chi connectivity index (χ3n) is 5.03. The quantitative estimate of drug-likeness (QED) is 0.281. The molecule has 1 atom stereocenters. The number of esters is 1. The van der Waals surface area contributed by atoms with E-state index in [1.165, 1.54) is 19.7 Å². The zero-order valence-corrected chi connectivity index (χ0v) is 16.7. The molecule has 1 unspecified atom stereocenters. The van der Waals surface area contributed by atoms with Crippen LogP contribution in [0.4, 0.5) is 0 Å². The molecule has 4 aromatic rings. The monoisotopic (exact) mass is 375 g/mol. The van der Waals surface area contributed by atoms with Gasteiger partial charge in [0, 0.05) is 21.2 Å². The number of carbonyl (C=O) groups is 1. The second kappa shape index (κ2) is 6.82. The maximum Gasteiger partial charge on any atom is 0.338 e. The van der Waals surface area contributed by atoms with Gasteiger partial charge in [-0.25, -0.2) is 4.79 Å². The molecule has 0 aliphatic rings. The zero-order valence-electron chi connectivity index (χ0n) is 15.9. The van der Waals surface area contributed by atoms with Crippen molar-refractivity contribution >= 4 is 36.6 Å². The average Bonchev–Trinajstić information content (AvgIpc) is 3.02. The molecule has 0 radical (unpaired) electrons. The van der Waals surface area contributed by atoms with Gasteiger partial charge in [-0.15, -0.1) is 0 Å². The Morgan fingerprint density at radius 1 is 0.889 bits per heavy atom. The van der Waals surface area contributed by atoms with E-state index in [0.717, 1.165) is 11.8 Å². The number of hydrogen-bond acceptors (Lipinski definition) is 2. The van der Waals surface area contributed by atoms with Crippen LogP contribution in [0.2, 0.25) is 0 Å². The van der Waals surface area contributed by atoms with Gasteiger partial charge in [-0.05, 0) is 62.7 Å². The molecule has 0 spiro atoms. The molecule has 27 heavy (non-hydrogen) atoms. The summed E-state index contributed by atoms with van der Waals surface area (Å²) in [5.74, 6) is -0.256. The van der Waals surface area contributed by atoms with Crippen molar-refractivity contribution in [3.63, 3.8) is 0 Å². The Morgan fingerprint density at radius 3 is 2.30 bits per heavy atom. The van der Waals surface area contributed by atoms with Gasteiger partial charge in [0.2, 0.25) is 0 Å². The number of benzene rings is 3. The van der Waals surface area contributed by atoms with E-state index in [4.69, 9.17) is 4.74 Å². The van der Waals surface area contributed by atoms with Gasteiger partial charge in [0.05, 0.1) is 5.56 Å². The molecule has 136 valence electrons. The minimum atomic E-state index is -0.456. The maximum absolute atomic E-state index is 12.7. The Labute approximate surface area is 162 Å². The van der Waals surface area contributed by atoms with Crippen LogP contribution in [0.25, 0.3) is 25.1 Å². The summed E-state index contributed by atoms with van der Waals surface area (Å²) in [5.41, 5.74) is 0.158. The summed E-state index contributed by atoms with van der Waals surface area (Å²) >= 11 is 0. The highest BCUT2D eigenvalue weighted by molar-refractivity contribution is 7.50. The minimum Gasteiger partial charge on any atom is -0.456 e. The molecule has 2 nitrogen and oxygen atoms in total. The lowest BCUT2D eigenvalue weighted by atomic mass is 10.1. The molecular formula is C24H23O2S+. The van der Waals surface area contributed by atoms with Crippen LogP contribution >= 0.6 is 10.5 Å². The lowest BCUT2D eigenvalue weighted by molar-refractivity contribution is -0.00241. The first-order valence-electron chi connectivity index (χ1n) is 9.26. The number of ether oxygens (including phenoxy) is 1. The van der Waals surface area contributed by atoms with Crippen molar-refractivity contribution in [3.05, 3.63) is 78.4 Å². The normalized spacial score (nSPS) is 12.5. The number of hydrogen-bond donors (Lipinski definition) is 0. The van der Waals surface area contributed by atoms with Gasteiger partial charge in [-0.2, -0.15) is 0 Å². The molecule has 0 bridgehead atoms. The van der Waals surface area contributed by atoms with Crippen molar-refractivity contribution in [3.8, 4) is 4.90 Å². The van der Waals surface area contributed by atoms with Crippen LogP contribution in [0.3, 0.4) is 0 Å². The fourth-order valence-corrected chi connectivity index (χ4v) is 5.60. The van der Waals surface area contributed by atoms with Crippen LogP contribution in [0.5, 0.6) is 0 Å². The summed E-state index contributed by atoms with van der Waals surface area (Å²) in [4.78, 5) is 14.0. The molecule has 3 aromatic carbocycles. The lowest BCUT2D eigenvalue weighted by Crippen LogP contribution is -2.26. The molecule has 0 aliphatic carbocycles. The predicted octanol–water partition coefficient (Wildman–Crippen LogP) is 7.08.